The molecule has 0 aromatic heterocycles. The molecule has 3 rings (SSSR count). The number of benzene rings is 3. The number of carbonyl (C=O) groups excluding carboxylic acids is 2. The van der Waals surface area contributed by atoms with Gasteiger partial charge >= 0.3 is 6.16 Å². The number of hydrogen-bond donors (Lipinski definition) is 1. The number of methoxy groups -OCH3 is 2. The summed E-state index contributed by atoms with van der Waals surface area (Å²) in [7, 11) is -0.941. The van der Waals surface area contributed by atoms with E-state index in [0.29, 0.717) is 16.8 Å². The van der Waals surface area contributed by atoms with Crippen molar-refractivity contribution in [3.63, 3.8) is 0 Å². The van der Waals surface area contributed by atoms with Crippen LogP contribution in [0.3, 0.4) is 0 Å². The fourth-order valence-corrected chi connectivity index (χ4v) is 4.03. The van der Waals surface area contributed by atoms with Crippen LogP contribution in [0.25, 0.3) is 0 Å². The standard InChI is InChI=1S/C25H25N3O7S/c1-33-23-15-19(9-14-22(23)35-25(30)34-2)16-26-27-24(29)20-10-12-21(13-11-20)28(36(3,31)32)17-18-7-5-4-6-8-18/h4-16H,17H2,1-3H3,(H,27,29)/b26-16-. The third kappa shape index (κ3) is 7.06. The Balaban J connectivity index is 1.67. The van der Waals surface area contributed by atoms with Gasteiger partial charge in [-0.05, 0) is 53.6 Å². The van der Waals surface area contributed by atoms with Crippen molar-refractivity contribution in [2.24, 2.45) is 5.10 Å². The number of rotatable bonds is 9. The molecule has 0 bridgehead atoms. The Hall–Kier alpha value is -4.38. The molecule has 0 aliphatic rings. The van der Waals surface area contributed by atoms with E-state index in [4.69, 9.17) is 9.47 Å². The molecule has 36 heavy (non-hydrogen) atoms. The molecule has 0 unspecified atom stereocenters. The minimum Gasteiger partial charge on any atom is -0.493 e. The molecule has 1 amide bonds. The monoisotopic (exact) mass is 511 g/mol. The highest BCUT2D eigenvalue weighted by atomic mass is 32.2. The van der Waals surface area contributed by atoms with Crippen molar-refractivity contribution >= 4 is 34.0 Å². The van der Waals surface area contributed by atoms with Crippen LogP contribution in [0.4, 0.5) is 10.5 Å². The molecular weight excluding hydrogens is 486 g/mol. The van der Waals surface area contributed by atoms with Gasteiger partial charge < -0.3 is 14.2 Å². The van der Waals surface area contributed by atoms with E-state index < -0.39 is 22.1 Å². The number of carbonyl (C=O) groups is 2. The molecule has 0 radical (unpaired) electrons. The minimum absolute atomic E-state index is 0.168. The number of anilines is 1. The molecule has 188 valence electrons. The van der Waals surface area contributed by atoms with E-state index in [1.807, 2.05) is 30.3 Å². The van der Waals surface area contributed by atoms with Gasteiger partial charge in [-0.1, -0.05) is 30.3 Å². The van der Waals surface area contributed by atoms with Crippen molar-refractivity contribution in [3.8, 4) is 11.5 Å². The smallest absolute Gasteiger partial charge is 0.493 e. The van der Waals surface area contributed by atoms with Gasteiger partial charge in [0.25, 0.3) is 5.91 Å². The second kappa shape index (κ2) is 11.8. The van der Waals surface area contributed by atoms with Gasteiger partial charge in [-0.15, -0.1) is 0 Å². The lowest BCUT2D eigenvalue weighted by Crippen LogP contribution is -2.29. The largest absolute Gasteiger partial charge is 0.513 e. The van der Waals surface area contributed by atoms with Gasteiger partial charge in [0, 0.05) is 5.56 Å². The van der Waals surface area contributed by atoms with E-state index in [2.05, 4.69) is 15.3 Å². The number of amides is 1. The summed E-state index contributed by atoms with van der Waals surface area (Å²) in [4.78, 5) is 23.8. The third-order valence-corrected chi connectivity index (χ3v) is 6.05. The van der Waals surface area contributed by atoms with E-state index in [-0.39, 0.29) is 18.0 Å². The van der Waals surface area contributed by atoms with Gasteiger partial charge in [0.2, 0.25) is 10.0 Å². The van der Waals surface area contributed by atoms with Crippen LogP contribution in [0.1, 0.15) is 21.5 Å². The lowest BCUT2D eigenvalue weighted by molar-refractivity contribution is 0.0955. The van der Waals surface area contributed by atoms with Gasteiger partial charge in [-0.2, -0.15) is 5.10 Å². The zero-order valence-corrected chi connectivity index (χ0v) is 20.7. The zero-order chi connectivity index (χ0) is 26.1. The molecule has 3 aromatic rings. The molecule has 0 spiro atoms. The van der Waals surface area contributed by atoms with Crippen molar-refractivity contribution < 1.29 is 32.2 Å². The van der Waals surface area contributed by atoms with Crippen LogP contribution in [0, 0.1) is 0 Å². The first-order valence-electron chi connectivity index (χ1n) is 10.6. The molecule has 10 nitrogen and oxygen atoms in total. The average Bonchev–Trinajstić information content (AvgIpc) is 2.88. The summed E-state index contributed by atoms with van der Waals surface area (Å²) in [5.41, 5.74) is 4.55. The Morgan fingerprint density at radius 2 is 1.67 bits per heavy atom. The van der Waals surface area contributed by atoms with E-state index in [1.54, 1.807) is 24.3 Å². The predicted molar refractivity (Wildman–Crippen MR) is 135 cm³/mol. The van der Waals surface area contributed by atoms with Gasteiger partial charge in [-0.25, -0.2) is 18.6 Å². The van der Waals surface area contributed by atoms with Crippen LogP contribution >= 0.6 is 0 Å². The van der Waals surface area contributed by atoms with Crippen LogP contribution < -0.4 is 19.2 Å². The van der Waals surface area contributed by atoms with Crippen LogP contribution in [-0.2, 0) is 21.3 Å². The topological polar surface area (TPSA) is 124 Å². The quantitative estimate of drug-likeness (QED) is 0.202. The molecule has 0 saturated heterocycles. The first-order chi connectivity index (χ1) is 17.2. The van der Waals surface area contributed by atoms with E-state index >= 15 is 0 Å². The Morgan fingerprint density at radius 3 is 2.28 bits per heavy atom. The highest BCUT2D eigenvalue weighted by molar-refractivity contribution is 7.92. The summed E-state index contributed by atoms with van der Waals surface area (Å²) in [6.07, 6.45) is 1.64. The van der Waals surface area contributed by atoms with Crippen molar-refractivity contribution in [2.45, 2.75) is 6.54 Å². The molecule has 0 heterocycles. The fraction of sp³-hybridized carbons (Fsp3) is 0.160. The number of ether oxygens (including phenoxy) is 3. The third-order valence-electron chi connectivity index (χ3n) is 4.91. The van der Waals surface area contributed by atoms with Crippen LogP contribution in [0.15, 0.2) is 77.9 Å². The molecule has 11 heteroatoms. The molecule has 0 aliphatic carbocycles. The summed E-state index contributed by atoms with van der Waals surface area (Å²) in [5, 5.41) is 3.93. The maximum absolute atomic E-state index is 12.5. The highest BCUT2D eigenvalue weighted by Gasteiger charge is 2.18. The first kappa shape index (κ1) is 26.2. The maximum atomic E-state index is 12.5. The summed E-state index contributed by atoms with van der Waals surface area (Å²) in [6.45, 7) is 0.169. The molecule has 0 aliphatic heterocycles. The molecular formula is C25H25N3O7S. The highest BCUT2D eigenvalue weighted by Crippen LogP contribution is 2.28. The zero-order valence-electron chi connectivity index (χ0n) is 19.9. The van der Waals surface area contributed by atoms with Gasteiger partial charge in [-0.3, -0.25) is 9.10 Å². The molecule has 3 aromatic carbocycles. The number of hydrogen-bond acceptors (Lipinski definition) is 8. The number of sulfonamides is 1. The lowest BCUT2D eigenvalue weighted by Gasteiger charge is -2.22. The second-order valence-corrected chi connectivity index (χ2v) is 9.37. The molecule has 0 fully saturated rings. The number of nitrogens with zero attached hydrogens (tertiary/aromatic N) is 2. The number of nitrogens with one attached hydrogen (secondary N) is 1. The van der Waals surface area contributed by atoms with Crippen LogP contribution in [-0.4, -0.2) is 47.2 Å². The van der Waals surface area contributed by atoms with E-state index in [0.717, 1.165) is 11.8 Å². The van der Waals surface area contributed by atoms with Gasteiger partial charge in [0.1, 0.15) is 0 Å². The maximum Gasteiger partial charge on any atom is 0.513 e. The van der Waals surface area contributed by atoms with Crippen molar-refractivity contribution in [3.05, 3.63) is 89.5 Å². The van der Waals surface area contributed by atoms with Crippen molar-refractivity contribution in [2.75, 3.05) is 24.8 Å². The molecule has 1 N–H and O–H groups in total. The summed E-state index contributed by atoms with van der Waals surface area (Å²) >= 11 is 0. The van der Waals surface area contributed by atoms with Gasteiger partial charge in [0.05, 0.1) is 38.9 Å². The number of hydrazone groups is 1. The minimum atomic E-state index is -3.55. The molecule has 0 saturated carbocycles. The second-order valence-electron chi connectivity index (χ2n) is 7.47. The van der Waals surface area contributed by atoms with E-state index in [9.17, 15) is 18.0 Å². The van der Waals surface area contributed by atoms with E-state index in [1.165, 1.54) is 42.9 Å². The van der Waals surface area contributed by atoms with Crippen molar-refractivity contribution in [1.82, 2.24) is 5.43 Å². The Morgan fingerprint density at radius 1 is 0.972 bits per heavy atom. The Labute approximate surface area is 209 Å². The predicted octanol–water partition coefficient (Wildman–Crippen LogP) is 3.57. The fourth-order valence-electron chi connectivity index (χ4n) is 3.14. The average molecular weight is 512 g/mol. The first-order valence-corrected chi connectivity index (χ1v) is 12.4. The van der Waals surface area contributed by atoms with Crippen LogP contribution in [0.5, 0.6) is 11.5 Å². The SMILES string of the molecule is COC(=O)Oc1ccc(/C=N\NC(=O)c2ccc(N(Cc3ccccc3)S(C)(=O)=O)cc2)cc1OC. The summed E-state index contributed by atoms with van der Waals surface area (Å²) < 4.78 is 40.6. The summed E-state index contributed by atoms with van der Waals surface area (Å²) in [6, 6.07) is 20.1. The summed E-state index contributed by atoms with van der Waals surface area (Å²) in [5.74, 6) is -0.0393. The normalized spacial score (nSPS) is 11.1. The Bertz CT molecular complexity index is 1340. The van der Waals surface area contributed by atoms with Crippen molar-refractivity contribution in [1.29, 1.82) is 0 Å². The van der Waals surface area contributed by atoms with Gasteiger partial charge in [0.15, 0.2) is 11.5 Å². The lowest BCUT2D eigenvalue weighted by atomic mass is 10.2. The Kier molecular flexibility index (Phi) is 8.63. The molecule has 0 atom stereocenters. The van der Waals surface area contributed by atoms with Crippen LogP contribution in [0.2, 0.25) is 0 Å².